The van der Waals surface area contributed by atoms with E-state index in [1.807, 2.05) is 0 Å². The third kappa shape index (κ3) is 1.85. The molecule has 0 aliphatic carbocycles. The zero-order valence-electron chi connectivity index (χ0n) is 6.19. The van der Waals surface area contributed by atoms with E-state index < -0.39 is 0 Å². The Labute approximate surface area is 68.7 Å². The number of benzene rings is 1. The highest BCUT2D eigenvalue weighted by molar-refractivity contribution is 5.52. The second-order valence-corrected chi connectivity index (χ2v) is 2.19. The summed E-state index contributed by atoms with van der Waals surface area (Å²) in [6, 6.07) is 4.24. The molecule has 0 atom stereocenters. The van der Waals surface area contributed by atoms with Crippen molar-refractivity contribution in [2.45, 2.75) is 6.61 Å². The van der Waals surface area contributed by atoms with Crippen molar-refractivity contribution in [2.75, 3.05) is 5.48 Å². The summed E-state index contributed by atoms with van der Waals surface area (Å²) in [7, 11) is 0. The van der Waals surface area contributed by atoms with E-state index in [0.29, 0.717) is 11.3 Å². The number of nitrogens with one attached hydrogen (secondary N) is 1. The molecule has 66 valence electrons. The monoisotopic (exact) mass is 171 g/mol. The number of phenols is 1. The average molecular weight is 171 g/mol. The zero-order chi connectivity index (χ0) is 8.97. The lowest BCUT2D eigenvalue weighted by molar-refractivity contribution is -0.215. The topological polar surface area (TPSA) is 82.0 Å². The van der Waals surface area contributed by atoms with Gasteiger partial charge in [0.15, 0.2) is 0 Å². The van der Waals surface area contributed by atoms with Crippen molar-refractivity contribution < 1.29 is 20.5 Å². The number of aromatic hydroxyl groups is 1. The van der Waals surface area contributed by atoms with Crippen LogP contribution < -0.4 is 5.48 Å². The number of hydrogen-bond acceptors (Lipinski definition) is 5. The van der Waals surface area contributed by atoms with Crippen LogP contribution in [0.3, 0.4) is 0 Å². The number of aliphatic hydroxyl groups is 1. The maximum absolute atomic E-state index is 8.99. The molecular weight excluding hydrogens is 162 g/mol. The first kappa shape index (κ1) is 8.79. The van der Waals surface area contributed by atoms with Gasteiger partial charge in [-0.25, -0.2) is 10.7 Å². The molecule has 0 saturated heterocycles. The van der Waals surface area contributed by atoms with Crippen molar-refractivity contribution in [2.24, 2.45) is 0 Å². The van der Waals surface area contributed by atoms with Crippen molar-refractivity contribution in [1.29, 1.82) is 0 Å². The van der Waals surface area contributed by atoms with E-state index in [1.165, 1.54) is 18.2 Å². The van der Waals surface area contributed by atoms with E-state index in [4.69, 9.17) is 15.5 Å². The molecule has 0 spiro atoms. The highest BCUT2D eigenvalue weighted by Crippen LogP contribution is 2.20. The molecule has 5 nitrogen and oxygen atoms in total. The van der Waals surface area contributed by atoms with Gasteiger partial charge >= 0.3 is 0 Å². The summed E-state index contributed by atoms with van der Waals surface area (Å²) in [5, 5.41) is 25.8. The Hall–Kier alpha value is -1.30. The Kier molecular flexibility index (Phi) is 2.87. The van der Waals surface area contributed by atoms with Gasteiger partial charge in [0.25, 0.3) is 0 Å². The lowest BCUT2D eigenvalue weighted by Gasteiger charge is -2.06. The van der Waals surface area contributed by atoms with Crippen LogP contribution in [0, 0.1) is 0 Å². The normalized spacial score (nSPS) is 9.83. The Bertz CT molecular complexity index is 264. The molecule has 1 aromatic carbocycles. The van der Waals surface area contributed by atoms with Crippen LogP contribution in [-0.2, 0) is 11.6 Å². The van der Waals surface area contributed by atoms with E-state index >= 15 is 0 Å². The minimum absolute atomic E-state index is 0.0440. The molecule has 0 heterocycles. The fourth-order valence-corrected chi connectivity index (χ4v) is 0.860. The van der Waals surface area contributed by atoms with Crippen LogP contribution in [-0.4, -0.2) is 15.5 Å². The van der Waals surface area contributed by atoms with Crippen molar-refractivity contribution in [3.05, 3.63) is 23.8 Å². The minimum Gasteiger partial charge on any atom is -0.508 e. The first-order valence-corrected chi connectivity index (χ1v) is 3.27. The molecule has 1 rings (SSSR count). The molecule has 0 unspecified atom stereocenters. The van der Waals surface area contributed by atoms with Crippen molar-refractivity contribution in [3.8, 4) is 5.75 Å². The van der Waals surface area contributed by atoms with Crippen LogP contribution in [0.4, 0.5) is 5.69 Å². The number of phenolic OH excluding ortho intramolecular Hbond substituents is 1. The van der Waals surface area contributed by atoms with E-state index in [-0.39, 0.29) is 12.4 Å². The summed E-state index contributed by atoms with van der Waals surface area (Å²) in [5.74, 6) is 0.0440. The number of anilines is 1. The summed E-state index contributed by atoms with van der Waals surface area (Å²) in [6.45, 7) is -0.250. The zero-order valence-corrected chi connectivity index (χ0v) is 6.19. The molecule has 0 amide bonds. The van der Waals surface area contributed by atoms with Crippen LogP contribution in [0.15, 0.2) is 18.2 Å². The largest absolute Gasteiger partial charge is 0.508 e. The molecule has 0 aromatic heterocycles. The van der Waals surface area contributed by atoms with E-state index in [9.17, 15) is 0 Å². The van der Waals surface area contributed by atoms with Crippen LogP contribution in [0.25, 0.3) is 0 Å². The third-order valence-corrected chi connectivity index (χ3v) is 1.41. The van der Waals surface area contributed by atoms with Gasteiger partial charge in [-0.2, -0.15) is 0 Å². The van der Waals surface area contributed by atoms with E-state index in [0.717, 1.165) is 0 Å². The molecule has 0 aliphatic heterocycles. The molecule has 12 heavy (non-hydrogen) atoms. The maximum atomic E-state index is 8.99. The predicted octanol–water partition coefficient (Wildman–Crippen LogP) is 0.701. The van der Waals surface area contributed by atoms with Gasteiger partial charge in [0.05, 0.1) is 12.3 Å². The molecule has 0 radical (unpaired) electrons. The van der Waals surface area contributed by atoms with Crippen molar-refractivity contribution in [1.82, 2.24) is 0 Å². The Morgan fingerprint density at radius 3 is 2.75 bits per heavy atom. The molecular formula is C7H9NO4. The Balaban J connectivity index is 2.94. The SMILES string of the molecule is OCc1cc(O)ccc1NOO. The van der Waals surface area contributed by atoms with Crippen LogP contribution in [0.2, 0.25) is 0 Å². The highest BCUT2D eigenvalue weighted by atomic mass is 17.2. The van der Waals surface area contributed by atoms with E-state index in [2.05, 4.69) is 10.5 Å². The second kappa shape index (κ2) is 3.91. The molecule has 0 saturated carbocycles. The first-order chi connectivity index (χ1) is 5.77. The summed E-state index contributed by atoms with van der Waals surface area (Å²) >= 11 is 0. The fourth-order valence-electron chi connectivity index (χ4n) is 0.860. The number of hydrogen-bond donors (Lipinski definition) is 4. The molecule has 0 fully saturated rings. The van der Waals surface area contributed by atoms with Crippen molar-refractivity contribution in [3.63, 3.8) is 0 Å². The van der Waals surface area contributed by atoms with Gasteiger partial charge in [-0.15, -0.1) is 4.99 Å². The quantitative estimate of drug-likeness (QED) is 0.306. The van der Waals surface area contributed by atoms with Crippen LogP contribution in [0.1, 0.15) is 5.56 Å². The minimum atomic E-state index is -0.250. The molecule has 1 aromatic rings. The molecule has 4 N–H and O–H groups in total. The van der Waals surface area contributed by atoms with Gasteiger partial charge < -0.3 is 10.2 Å². The smallest absolute Gasteiger partial charge is 0.116 e. The first-order valence-electron chi connectivity index (χ1n) is 3.27. The van der Waals surface area contributed by atoms with Crippen LogP contribution in [0.5, 0.6) is 5.75 Å². The van der Waals surface area contributed by atoms with Crippen molar-refractivity contribution >= 4 is 5.69 Å². The Morgan fingerprint density at radius 2 is 2.17 bits per heavy atom. The fraction of sp³-hybridized carbons (Fsp3) is 0.143. The predicted molar refractivity (Wildman–Crippen MR) is 41.4 cm³/mol. The standard InChI is InChI=1S/C7H9NO4/c9-4-5-3-6(10)1-2-7(5)8-12-11/h1-3,8-11H,4H2. The summed E-state index contributed by atoms with van der Waals surface area (Å²) in [5.41, 5.74) is 2.97. The summed E-state index contributed by atoms with van der Waals surface area (Å²) in [6.07, 6.45) is 0. The molecule has 5 heteroatoms. The second-order valence-electron chi connectivity index (χ2n) is 2.19. The summed E-state index contributed by atoms with van der Waals surface area (Å²) < 4.78 is 0. The van der Waals surface area contributed by atoms with Gasteiger partial charge in [0, 0.05) is 5.56 Å². The number of aliphatic hydroxyl groups excluding tert-OH is 1. The Morgan fingerprint density at radius 1 is 1.42 bits per heavy atom. The number of rotatable bonds is 3. The third-order valence-electron chi connectivity index (χ3n) is 1.41. The van der Waals surface area contributed by atoms with Gasteiger partial charge in [0.1, 0.15) is 5.75 Å². The van der Waals surface area contributed by atoms with Gasteiger partial charge in [0.2, 0.25) is 0 Å². The molecule has 0 bridgehead atoms. The van der Waals surface area contributed by atoms with Gasteiger partial charge in [-0.3, -0.25) is 0 Å². The summed E-state index contributed by atoms with van der Waals surface area (Å²) in [4.78, 5) is 3.67. The lowest BCUT2D eigenvalue weighted by atomic mass is 10.2. The van der Waals surface area contributed by atoms with Crippen LogP contribution >= 0.6 is 0 Å². The molecule has 0 aliphatic rings. The average Bonchev–Trinajstić information content (AvgIpc) is 2.08. The maximum Gasteiger partial charge on any atom is 0.116 e. The highest BCUT2D eigenvalue weighted by Gasteiger charge is 2.01. The van der Waals surface area contributed by atoms with Gasteiger partial charge in [-0.1, -0.05) is 0 Å². The van der Waals surface area contributed by atoms with Gasteiger partial charge in [-0.05, 0) is 18.2 Å². The lowest BCUT2D eigenvalue weighted by Crippen LogP contribution is -1.99. The van der Waals surface area contributed by atoms with E-state index in [1.54, 1.807) is 0 Å².